The number of pyridine rings is 2. The number of amides is 1. The van der Waals surface area contributed by atoms with Crippen molar-refractivity contribution in [2.24, 2.45) is 0 Å². The monoisotopic (exact) mass is 411 g/mol. The Hall–Kier alpha value is -2.73. The van der Waals surface area contributed by atoms with Gasteiger partial charge < -0.3 is 10.1 Å². The molecule has 0 fully saturated rings. The van der Waals surface area contributed by atoms with E-state index in [1.54, 1.807) is 24.4 Å². The van der Waals surface area contributed by atoms with Crippen LogP contribution in [0.1, 0.15) is 23.0 Å². The molecule has 3 aromatic rings. The number of benzene rings is 1. The van der Waals surface area contributed by atoms with Crippen molar-refractivity contribution in [3.8, 4) is 17.1 Å². The fourth-order valence-corrected chi connectivity index (χ4v) is 2.94. The second kappa shape index (κ2) is 8.10. The number of rotatable bonds is 5. The minimum atomic E-state index is -0.246. The molecule has 0 aliphatic heterocycles. The zero-order chi connectivity index (χ0) is 18.5. The van der Waals surface area contributed by atoms with Gasteiger partial charge in [0, 0.05) is 16.2 Å². The molecule has 1 aromatic carbocycles. The van der Waals surface area contributed by atoms with E-state index in [1.807, 2.05) is 44.2 Å². The third-order valence-corrected chi connectivity index (χ3v) is 4.24. The number of hydrogen-bond acceptors (Lipinski definition) is 4. The zero-order valence-corrected chi connectivity index (χ0v) is 16.1. The lowest BCUT2D eigenvalue weighted by Crippen LogP contribution is -2.15. The van der Waals surface area contributed by atoms with Gasteiger partial charge in [0.25, 0.3) is 5.91 Å². The lowest BCUT2D eigenvalue weighted by atomic mass is 10.1. The SMILES string of the molecule is CCOc1ncccc1NC(=O)c1ccc(-c2cccc(Br)c2)nc1C. The number of aryl methyl sites for hydroxylation is 1. The number of halogens is 1. The quantitative estimate of drug-likeness (QED) is 0.650. The normalized spacial score (nSPS) is 10.4. The van der Waals surface area contributed by atoms with Crippen molar-refractivity contribution >= 4 is 27.5 Å². The highest BCUT2D eigenvalue weighted by molar-refractivity contribution is 9.10. The summed E-state index contributed by atoms with van der Waals surface area (Å²) in [6.07, 6.45) is 1.63. The predicted molar refractivity (Wildman–Crippen MR) is 105 cm³/mol. The molecule has 1 amide bonds. The molecule has 1 N–H and O–H groups in total. The molecule has 0 bridgehead atoms. The highest BCUT2D eigenvalue weighted by atomic mass is 79.9. The van der Waals surface area contributed by atoms with Gasteiger partial charge in [-0.25, -0.2) is 4.98 Å². The van der Waals surface area contributed by atoms with E-state index >= 15 is 0 Å². The summed E-state index contributed by atoms with van der Waals surface area (Å²) >= 11 is 3.46. The van der Waals surface area contributed by atoms with E-state index in [2.05, 4.69) is 31.2 Å². The van der Waals surface area contributed by atoms with E-state index in [0.717, 1.165) is 15.7 Å². The van der Waals surface area contributed by atoms with Crippen LogP contribution in [0.5, 0.6) is 5.88 Å². The summed E-state index contributed by atoms with van der Waals surface area (Å²) in [5.74, 6) is 0.157. The highest BCUT2D eigenvalue weighted by Gasteiger charge is 2.14. The van der Waals surface area contributed by atoms with Crippen molar-refractivity contribution in [2.45, 2.75) is 13.8 Å². The molecule has 3 rings (SSSR count). The Kier molecular flexibility index (Phi) is 5.63. The van der Waals surface area contributed by atoms with Gasteiger partial charge in [0.1, 0.15) is 5.69 Å². The standard InChI is InChI=1S/C20H18BrN3O2/c1-3-26-20-18(8-5-11-22-20)24-19(25)16-9-10-17(23-13(16)2)14-6-4-7-15(21)12-14/h4-12H,3H2,1-2H3,(H,24,25). The first-order valence-electron chi connectivity index (χ1n) is 8.21. The maximum atomic E-state index is 12.7. The van der Waals surface area contributed by atoms with Gasteiger partial charge in [-0.3, -0.25) is 9.78 Å². The van der Waals surface area contributed by atoms with E-state index in [4.69, 9.17) is 4.74 Å². The first-order valence-corrected chi connectivity index (χ1v) is 9.00. The molecule has 0 saturated heterocycles. The van der Waals surface area contributed by atoms with Crippen molar-refractivity contribution in [1.82, 2.24) is 9.97 Å². The molecule has 0 spiro atoms. The Labute approximate surface area is 160 Å². The van der Waals surface area contributed by atoms with Crippen molar-refractivity contribution in [1.29, 1.82) is 0 Å². The summed E-state index contributed by atoms with van der Waals surface area (Å²) in [4.78, 5) is 21.4. The van der Waals surface area contributed by atoms with Gasteiger partial charge in [0.05, 0.1) is 23.6 Å². The van der Waals surface area contributed by atoms with Crippen LogP contribution in [0.25, 0.3) is 11.3 Å². The summed E-state index contributed by atoms with van der Waals surface area (Å²) in [6, 6.07) is 15.0. The van der Waals surface area contributed by atoms with Gasteiger partial charge in [-0.1, -0.05) is 28.1 Å². The van der Waals surface area contributed by atoms with Crippen LogP contribution in [0.2, 0.25) is 0 Å². The number of nitrogens with one attached hydrogen (secondary N) is 1. The second-order valence-corrected chi connectivity index (χ2v) is 6.50. The third-order valence-electron chi connectivity index (χ3n) is 3.75. The minimum Gasteiger partial charge on any atom is -0.476 e. The van der Waals surface area contributed by atoms with Crippen LogP contribution in [0.15, 0.2) is 59.2 Å². The van der Waals surface area contributed by atoms with Gasteiger partial charge in [0.2, 0.25) is 5.88 Å². The second-order valence-electron chi connectivity index (χ2n) is 5.58. The number of aromatic nitrogens is 2. The molecule has 0 aliphatic carbocycles. The molecule has 0 atom stereocenters. The van der Waals surface area contributed by atoms with Crippen molar-refractivity contribution in [3.05, 3.63) is 70.5 Å². The van der Waals surface area contributed by atoms with Crippen molar-refractivity contribution in [3.63, 3.8) is 0 Å². The fraction of sp³-hybridized carbons (Fsp3) is 0.150. The van der Waals surface area contributed by atoms with E-state index in [0.29, 0.717) is 29.4 Å². The minimum absolute atomic E-state index is 0.246. The van der Waals surface area contributed by atoms with Crippen LogP contribution in [0.4, 0.5) is 5.69 Å². The Morgan fingerprint density at radius 2 is 2.04 bits per heavy atom. The Morgan fingerprint density at radius 1 is 1.19 bits per heavy atom. The van der Waals surface area contributed by atoms with E-state index in [9.17, 15) is 4.79 Å². The third kappa shape index (κ3) is 4.08. The van der Waals surface area contributed by atoms with Crippen molar-refractivity contribution in [2.75, 3.05) is 11.9 Å². The summed E-state index contributed by atoms with van der Waals surface area (Å²) in [7, 11) is 0. The molecule has 0 saturated carbocycles. The summed E-state index contributed by atoms with van der Waals surface area (Å²) in [5, 5.41) is 2.85. The lowest BCUT2D eigenvalue weighted by Gasteiger charge is -2.12. The number of carbonyl (C=O) groups is 1. The summed E-state index contributed by atoms with van der Waals surface area (Å²) in [5.41, 5.74) is 3.50. The molecule has 0 unspecified atom stereocenters. The average molecular weight is 412 g/mol. The summed E-state index contributed by atoms with van der Waals surface area (Å²) < 4.78 is 6.43. The van der Waals surface area contributed by atoms with Crippen molar-refractivity contribution < 1.29 is 9.53 Å². The van der Waals surface area contributed by atoms with Crippen LogP contribution in [0.3, 0.4) is 0 Å². The number of hydrogen-bond donors (Lipinski definition) is 1. The van der Waals surface area contributed by atoms with Gasteiger partial charge in [-0.2, -0.15) is 0 Å². The largest absolute Gasteiger partial charge is 0.476 e. The average Bonchev–Trinajstić information content (AvgIpc) is 2.63. The molecule has 5 nitrogen and oxygen atoms in total. The van der Waals surface area contributed by atoms with Gasteiger partial charge in [-0.15, -0.1) is 0 Å². The Bertz CT molecular complexity index is 944. The smallest absolute Gasteiger partial charge is 0.257 e. The zero-order valence-electron chi connectivity index (χ0n) is 14.5. The van der Waals surface area contributed by atoms with Crippen LogP contribution < -0.4 is 10.1 Å². The first-order chi connectivity index (χ1) is 12.6. The number of ether oxygens (including phenoxy) is 1. The molecule has 132 valence electrons. The predicted octanol–water partition coefficient (Wildman–Crippen LogP) is 4.87. The molecule has 2 aromatic heterocycles. The van der Waals surface area contributed by atoms with E-state index in [-0.39, 0.29) is 5.91 Å². The topological polar surface area (TPSA) is 64.1 Å². The summed E-state index contributed by atoms with van der Waals surface area (Å²) in [6.45, 7) is 4.17. The van der Waals surface area contributed by atoms with Gasteiger partial charge in [-0.05, 0) is 50.2 Å². The van der Waals surface area contributed by atoms with Crippen LogP contribution in [-0.2, 0) is 0 Å². The van der Waals surface area contributed by atoms with Gasteiger partial charge in [0.15, 0.2) is 0 Å². The number of carbonyl (C=O) groups excluding carboxylic acids is 1. The fourth-order valence-electron chi connectivity index (χ4n) is 2.54. The lowest BCUT2D eigenvalue weighted by molar-refractivity contribution is 0.102. The highest BCUT2D eigenvalue weighted by Crippen LogP contribution is 2.24. The molecule has 26 heavy (non-hydrogen) atoms. The van der Waals surface area contributed by atoms with Gasteiger partial charge >= 0.3 is 0 Å². The molecule has 0 aliphatic rings. The number of nitrogens with zero attached hydrogens (tertiary/aromatic N) is 2. The maximum absolute atomic E-state index is 12.7. The Balaban J connectivity index is 1.85. The van der Waals surface area contributed by atoms with E-state index in [1.165, 1.54) is 0 Å². The molecular formula is C20H18BrN3O2. The maximum Gasteiger partial charge on any atom is 0.257 e. The first kappa shape index (κ1) is 18.1. The number of anilines is 1. The van der Waals surface area contributed by atoms with Crippen LogP contribution in [0, 0.1) is 6.92 Å². The van der Waals surface area contributed by atoms with Crippen LogP contribution >= 0.6 is 15.9 Å². The molecule has 0 radical (unpaired) electrons. The van der Waals surface area contributed by atoms with E-state index < -0.39 is 0 Å². The Morgan fingerprint density at radius 3 is 2.77 bits per heavy atom. The molecule has 6 heteroatoms. The van der Waals surface area contributed by atoms with Crippen LogP contribution in [-0.4, -0.2) is 22.5 Å². The molecular weight excluding hydrogens is 394 g/mol. The molecule has 2 heterocycles.